The number of rotatable bonds is 23. The largest absolute Gasteiger partial charge is 0.463 e. The third-order valence-electron chi connectivity index (χ3n) is 6.28. The van der Waals surface area contributed by atoms with Gasteiger partial charge in [0, 0.05) is 12.2 Å². The monoisotopic (exact) mass is 450 g/mol. The highest BCUT2D eigenvalue weighted by Gasteiger charge is 2.20. The van der Waals surface area contributed by atoms with Crippen LogP contribution in [-0.2, 0) is 19.1 Å². The van der Waals surface area contributed by atoms with Crippen LogP contribution >= 0.6 is 0 Å². The van der Waals surface area contributed by atoms with E-state index in [4.69, 9.17) is 9.47 Å². The number of carbonyl (C=O) groups excluding carboxylic acids is 2. The summed E-state index contributed by atoms with van der Waals surface area (Å²) in [6, 6.07) is 0. The number of carbonyl (C=O) groups is 2. The van der Waals surface area contributed by atoms with E-state index in [0.29, 0.717) is 13.2 Å². The summed E-state index contributed by atoms with van der Waals surface area (Å²) in [5.74, 6) is 0.817. The van der Waals surface area contributed by atoms with Crippen LogP contribution in [0.4, 0.5) is 0 Å². The van der Waals surface area contributed by atoms with Gasteiger partial charge in [0.25, 0.3) is 0 Å². The Morgan fingerprint density at radius 3 is 1.25 bits per heavy atom. The van der Waals surface area contributed by atoms with Gasteiger partial charge in [0.05, 0.1) is 13.2 Å². The van der Waals surface area contributed by atoms with E-state index in [1.807, 2.05) is 0 Å². The van der Waals surface area contributed by atoms with Gasteiger partial charge in [-0.1, -0.05) is 104 Å². The first-order valence-electron chi connectivity index (χ1n) is 13.2. The van der Waals surface area contributed by atoms with Crippen molar-refractivity contribution in [1.82, 2.24) is 0 Å². The van der Waals surface area contributed by atoms with Crippen molar-refractivity contribution in [2.45, 2.75) is 117 Å². The first-order valence-corrected chi connectivity index (χ1v) is 13.2. The van der Waals surface area contributed by atoms with Crippen molar-refractivity contribution in [3.8, 4) is 0 Å². The van der Waals surface area contributed by atoms with Crippen LogP contribution in [0.1, 0.15) is 117 Å². The van der Waals surface area contributed by atoms with Crippen molar-refractivity contribution in [2.24, 2.45) is 11.8 Å². The molecule has 32 heavy (non-hydrogen) atoms. The lowest BCUT2D eigenvalue weighted by Gasteiger charge is -2.28. The Bertz CT molecular complexity index is 442. The predicted molar refractivity (Wildman–Crippen MR) is 135 cm³/mol. The molecule has 0 aliphatic heterocycles. The summed E-state index contributed by atoms with van der Waals surface area (Å²) in [6.45, 7) is 12.4. The molecule has 0 radical (unpaired) electrons. The zero-order valence-electron chi connectivity index (χ0n) is 21.1. The molecule has 0 N–H and O–H groups in total. The van der Waals surface area contributed by atoms with Gasteiger partial charge in [-0.3, -0.25) is 0 Å². The number of hydrogen-bond donors (Lipinski definition) is 0. The minimum atomic E-state index is -0.327. The van der Waals surface area contributed by atoms with Crippen LogP contribution in [0.25, 0.3) is 0 Å². The van der Waals surface area contributed by atoms with E-state index in [1.54, 1.807) is 0 Å². The van der Waals surface area contributed by atoms with Crippen LogP contribution in [0.15, 0.2) is 25.3 Å². The van der Waals surface area contributed by atoms with Crippen molar-refractivity contribution >= 4 is 11.9 Å². The van der Waals surface area contributed by atoms with E-state index in [1.165, 1.54) is 89.2 Å². The molecular formula is C28H50O4. The van der Waals surface area contributed by atoms with Crippen LogP contribution in [0.5, 0.6) is 0 Å². The van der Waals surface area contributed by atoms with Crippen molar-refractivity contribution in [3.05, 3.63) is 25.3 Å². The zero-order valence-corrected chi connectivity index (χ0v) is 21.1. The molecule has 0 heterocycles. The fraction of sp³-hybridized carbons (Fsp3) is 0.786. The molecule has 0 saturated carbocycles. The second-order valence-corrected chi connectivity index (χ2v) is 8.95. The van der Waals surface area contributed by atoms with Crippen LogP contribution in [0, 0.1) is 11.8 Å². The van der Waals surface area contributed by atoms with E-state index in [9.17, 15) is 9.59 Å². The molecule has 0 aromatic carbocycles. The van der Waals surface area contributed by atoms with Gasteiger partial charge in [0.1, 0.15) is 0 Å². The van der Waals surface area contributed by atoms with E-state index < -0.39 is 0 Å². The lowest BCUT2D eigenvalue weighted by molar-refractivity contribution is -0.138. The predicted octanol–water partition coefficient (Wildman–Crippen LogP) is 7.96. The summed E-state index contributed by atoms with van der Waals surface area (Å²) in [7, 11) is 0. The average Bonchev–Trinajstić information content (AvgIpc) is 2.81. The lowest BCUT2D eigenvalue weighted by atomic mass is 9.78. The molecular weight excluding hydrogens is 400 g/mol. The maximum atomic E-state index is 11.2. The molecule has 0 bridgehead atoms. The first kappa shape index (κ1) is 30.4. The van der Waals surface area contributed by atoms with Crippen LogP contribution in [0.2, 0.25) is 0 Å². The molecule has 0 spiro atoms. The summed E-state index contributed by atoms with van der Waals surface area (Å²) in [6.07, 6.45) is 22.0. The summed E-state index contributed by atoms with van der Waals surface area (Å²) >= 11 is 0. The highest BCUT2D eigenvalue weighted by Crippen LogP contribution is 2.33. The number of hydrogen-bond acceptors (Lipinski definition) is 4. The summed E-state index contributed by atoms with van der Waals surface area (Å²) in [4.78, 5) is 22.5. The fourth-order valence-electron chi connectivity index (χ4n) is 4.38. The molecule has 0 amide bonds. The van der Waals surface area contributed by atoms with Crippen molar-refractivity contribution in [3.63, 3.8) is 0 Å². The van der Waals surface area contributed by atoms with Gasteiger partial charge < -0.3 is 9.47 Å². The van der Waals surface area contributed by atoms with Crippen molar-refractivity contribution < 1.29 is 19.1 Å². The van der Waals surface area contributed by atoms with E-state index in [0.717, 1.165) is 37.5 Å². The minimum absolute atomic E-state index is 0.327. The molecule has 2 atom stereocenters. The van der Waals surface area contributed by atoms with Gasteiger partial charge in [-0.2, -0.15) is 0 Å². The Balaban J connectivity index is 4.72. The van der Waals surface area contributed by atoms with Crippen LogP contribution < -0.4 is 0 Å². The molecule has 0 rings (SSSR count). The van der Waals surface area contributed by atoms with Gasteiger partial charge in [-0.05, 0) is 37.5 Å². The number of unbranched alkanes of at least 4 members (excludes halogenated alkanes) is 8. The number of ether oxygens (including phenoxy) is 2. The van der Waals surface area contributed by atoms with Crippen LogP contribution in [0.3, 0.4) is 0 Å². The highest BCUT2D eigenvalue weighted by atomic mass is 16.5. The molecule has 186 valence electrons. The SMILES string of the molecule is C=CC(=O)OCCCCC(CCCCCC)C(CCCCCC)CCCCOC(=O)C=C. The Morgan fingerprint density at radius 1 is 0.594 bits per heavy atom. The molecule has 2 unspecified atom stereocenters. The average molecular weight is 451 g/mol. The maximum absolute atomic E-state index is 11.2. The molecule has 0 fully saturated rings. The summed E-state index contributed by atoms with van der Waals surface area (Å²) in [5.41, 5.74) is 0. The standard InChI is InChI=1S/C28H50O4/c1-5-9-11-13-19-25(21-15-17-23-31-27(29)7-3)26(20-14-12-10-6-2)22-16-18-24-32-28(30)8-4/h7-8,25-26H,3-6,9-24H2,1-2H3. The van der Waals surface area contributed by atoms with Crippen molar-refractivity contribution in [2.75, 3.05) is 13.2 Å². The molecule has 0 saturated heterocycles. The Labute approximate surface area is 198 Å². The third-order valence-corrected chi connectivity index (χ3v) is 6.28. The van der Waals surface area contributed by atoms with Gasteiger partial charge in [-0.15, -0.1) is 0 Å². The topological polar surface area (TPSA) is 52.6 Å². The molecule has 4 nitrogen and oxygen atoms in total. The Morgan fingerprint density at radius 2 is 0.938 bits per heavy atom. The zero-order chi connectivity index (χ0) is 23.9. The maximum Gasteiger partial charge on any atom is 0.330 e. The lowest BCUT2D eigenvalue weighted by Crippen LogP contribution is -2.17. The third kappa shape index (κ3) is 18.0. The quantitative estimate of drug-likeness (QED) is 0.0900. The summed E-state index contributed by atoms with van der Waals surface area (Å²) in [5, 5.41) is 0. The normalized spacial score (nSPS) is 12.7. The second-order valence-electron chi connectivity index (χ2n) is 8.95. The smallest absolute Gasteiger partial charge is 0.330 e. The molecule has 0 aliphatic carbocycles. The van der Waals surface area contributed by atoms with Gasteiger partial charge >= 0.3 is 11.9 Å². The van der Waals surface area contributed by atoms with Gasteiger partial charge in [-0.25, -0.2) is 9.59 Å². The summed E-state index contributed by atoms with van der Waals surface area (Å²) < 4.78 is 10.3. The van der Waals surface area contributed by atoms with Crippen LogP contribution in [-0.4, -0.2) is 25.2 Å². The Kier molecular flexibility index (Phi) is 21.5. The van der Waals surface area contributed by atoms with E-state index >= 15 is 0 Å². The number of esters is 2. The van der Waals surface area contributed by atoms with E-state index in [2.05, 4.69) is 27.0 Å². The Hall–Kier alpha value is -1.58. The second kappa shape index (κ2) is 22.6. The first-order chi connectivity index (χ1) is 15.6. The molecule has 4 heteroatoms. The van der Waals surface area contributed by atoms with Crippen molar-refractivity contribution in [1.29, 1.82) is 0 Å². The fourth-order valence-corrected chi connectivity index (χ4v) is 4.38. The van der Waals surface area contributed by atoms with Gasteiger partial charge in [0.15, 0.2) is 0 Å². The molecule has 0 aromatic rings. The highest BCUT2D eigenvalue weighted by molar-refractivity contribution is 5.81. The van der Waals surface area contributed by atoms with Gasteiger partial charge in [0.2, 0.25) is 0 Å². The van der Waals surface area contributed by atoms with E-state index in [-0.39, 0.29) is 11.9 Å². The minimum Gasteiger partial charge on any atom is -0.463 e. The molecule has 0 aliphatic rings. The molecule has 0 aromatic heterocycles.